The first-order chi connectivity index (χ1) is 7.15. The smallest absolute Gasteiger partial charge is 0.236 e. The fraction of sp³-hybridized carbons (Fsp3) is 0.200. The number of hydrogen-bond acceptors (Lipinski definition) is 2. The van der Waals surface area contributed by atoms with E-state index in [1.54, 1.807) is 30.3 Å². The molecule has 0 saturated heterocycles. The van der Waals surface area contributed by atoms with Gasteiger partial charge in [-0.1, -0.05) is 41.9 Å². The molecule has 5 heteroatoms. The Hall–Kier alpha value is -1.06. The zero-order valence-corrected chi connectivity index (χ0v) is 9.26. The van der Waals surface area contributed by atoms with Crippen LogP contribution in [0.25, 0.3) is 0 Å². The van der Waals surface area contributed by atoms with Crippen molar-refractivity contribution in [3.05, 3.63) is 35.9 Å². The summed E-state index contributed by atoms with van der Waals surface area (Å²) >= 11 is 11.0. The van der Waals surface area contributed by atoms with Gasteiger partial charge in [0, 0.05) is 5.56 Å². The lowest BCUT2D eigenvalue weighted by Crippen LogP contribution is -2.37. The summed E-state index contributed by atoms with van der Waals surface area (Å²) in [4.78, 5) is 22.5. The molecule has 0 aromatic heterocycles. The number of carbonyl (C=O) groups is 2. The predicted molar refractivity (Wildman–Crippen MR) is 59.3 cm³/mol. The van der Waals surface area contributed by atoms with Crippen LogP contribution in [0.5, 0.6) is 0 Å². The van der Waals surface area contributed by atoms with E-state index in [0.717, 1.165) is 0 Å². The summed E-state index contributed by atoms with van der Waals surface area (Å²) < 4.78 is 0. The Morgan fingerprint density at radius 2 is 1.87 bits per heavy atom. The van der Waals surface area contributed by atoms with E-state index in [9.17, 15) is 9.59 Å². The molecule has 1 rings (SSSR count). The zero-order chi connectivity index (χ0) is 11.3. The van der Waals surface area contributed by atoms with E-state index in [1.807, 2.05) is 0 Å². The number of nitrogens with one attached hydrogen (secondary N) is 1. The number of rotatable bonds is 4. The molecule has 0 fully saturated rings. The van der Waals surface area contributed by atoms with Crippen LogP contribution in [0.15, 0.2) is 30.3 Å². The maximum absolute atomic E-state index is 11.6. The van der Waals surface area contributed by atoms with Crippen LogP contribution >= 0.6 is 23.2 Å². The van der Waals surface area contributed by atoms with Gasteiger partial charge in [-0.2, -0.15) is 0 Å². The fourth-order valence-corrected chi connectivity index (χ4v) is 1.32. The first-order valence-corrected chi connectivity index (χ1v) is 5.21. The molecule has 0 aliphatic carbocycles. The molecule has 0 aliphatic heterocycles. The standard InChI is InChI=1S/C10H9Cl2NO2/c11-6-8(14)13-10(12)9(15)7-4-2-1-3-5-7/h1-5,10H,6H2,(H,13,14). The number of alkyl halides is 2. The molecular formula is C10H9Cl2NO2. The highest BCUT2D eigenvalue weighted by molar-refractivity contribution is 6.35. The minimum atomic E-state index is -1.07. The van der Waals surface area contributed by atoms with E-state index in [4.69, 9.17) is 23.2 Å². The monoisotopic (exact) mass is 245 g/mol. The number of benzene rings is 1. The minimum absolute atomic E-state index is 0.217. The Kier molecular flexibility index (Phi) is 4.59. The lowest BCUT2D eigenvalue weighted by molar-refractivity contribution is -0.118. The van der Waals surface area contributed by atoms with Crippen molar-refractivity contribution in [2.75, 3.05) is 5.88 Å². The molecule has 1 N–H and O–H groups in total. The van der Waals surface area contributed by atoms with Crippen molar-refractivity contribution in [3.8, 4) is 0 Å². The van der Waals surface area contributed by atoms with Crippen molar-refractivity contribution in [1.29, 1.82) is 0 Å². The highest BCUT2D eigenvalue weighted by Gasteiger charge is 2.18. The molecule has 3 nitrogen and oxygen atoms in total. The van der Waals surface area contributed by atoms with E-state index in [0.29, 0.717) is 5.56 Å². The molecule has 80 valence electrons. The molecular weight excluding hydrogens is 237 g/mol. The van der Waals surface area contributed by atoms with Crippen LogP contribution in [-0.4, -0.2) is 23.1 Å². The molecule has 0 radical (unpaired) electrons. The van der Waals surface area contributed by atoms with Crippen molar-refractivity contribution in [1.82, 2.24) is 5.32 Å². The van der Waals surface area contributed by atoms with Gasteiger partial charge in [0.1, 0.15) is 5.88 Å². The van der Waals surface area contributed by atoms with Gasteiger partial charge in [-0.05, 0) is 0 Å². The van der Waals surface area contributed by atoms with Crippen molar-refractivity contribution in [3.63, 3.8) is 0 Å². The van der Waals surface area contributed by atoms with E-state index in [1.165, 1.54) is 0 Å². The normalized spacial score (nSPS) is 11.9. The fourth-order valence-electron chi connectivity index (χ4n) is 0.994. The van der Waals surface area contributed by atoms with Crippen LogP contribution < -0.4 is 5.32 Å². The third-order valence-electron chi connectivity index (χ3n) is 1.70. The van der Waals surface area contributed by atoms with Crippen LogP contribution in [0, 0.1) is 0 Å². The van der Waals surface area contributed by atoms with Gasteiger partial charge in [0.05, 0.1) is 0 Å². The van der Waals surface area contributed by atoms with Gasteiger partial charge in [0.15, 0.2) is 11.3 Å². The van der Waals surface area contributed by atoms with Gasteiger partial charge in [-0.3, -0.25) is 9.59 Å². The molecule has 0 heterocycles. The van der Waals surface area contributed by atoms with E-state index >= 15 is 0 Å². The van der Waals surface area contributed by atoms with Gasteiger partial charge in [0.2, 0.25) is 5.91 Å². The Balaban J connectivity index is 2.65. The van der Waals surface area contributed by atoms with Crippen LogP contribution in [0.2, 0.25) is 0 Å². The van der Waals surface area contributed by atoms with Crippen LogP contribution in [-0.2, 0) is 4.79 Å². The van der Waals surface area contributed by atoms with Gasteiger partial charge in [0.25, 0.3) is 0 Å². The Morgan fingerprint density at radius 1 is 1.27 bits per heavy atom. The predicted octanol–water partition coefficient (Wildman–Crippen LogP) is 1.79. The molecule has 0 aliphatic rings. The zero-order valence-electron chi connectivity index (χ0n) is 7.74. The Bertz CT molecular complexity index is 354. The number of hydrogen-bond donors (Lipinski definition) is 1. The second-order valence-corrected chi connectivity index (χ2v) is 3.50. The number of amides is 1. The lowest BCUT2D eigenvalue weighted by Gasteiger charge is -2.09. The molecule has 1 aromatic rings. The van der Waals surface area contributed by atoms with E-state index in [-0.39, 0.29) is 11.7 Å². The average molecular weight is 246 g/mol. The molecule has 1 unspecified atom stereocenters. The van der Waals surface area contributed by atoms with Crippen LogP contribution in [0.3, 0.4) is 0 Å². The molecule has 1 amide bonds. The van der Waals surface area contributed by atoms with Crippen molar-refractivity contribution in [2.24, 2.45) is 0 Å². The average Bonchev–Trinajstić information content (AvgIpc) is 2.29. The number of ketones is 1. The summed E-state index contributed by atoms with van der Waals surface area (Å²) in [5.41, 5.74) is -0.619. The second-order valence-electron chi connectivity index (χ2n) is 2.79. The first-order valence-electron chi connectivity index (χ1n) is 4.24. The quantitative estimate of drug-likeness (QED) is 0.500. The SMILES string of the molecule is O=C(CCl)NC(Cl)C(=O)c1ccccc1. The van der Waals surface area contributed by atoms with E-state index < -0.39 is 11.4 Å². The first kappa shape index (κ1) is 12.0. The molecule has 15 heavy (non-hydrogen) atoms. The maximum Gasteiger partial charge on any atom is 0.236 e. The second kappa shape index (κ2) is 5.73. The Labute approximate surface area is 97.4 Å². The summed E-state index contributed by atoms with van der Waals surface area (Å²) in [6.45, 7) is 0. The van der Waals surface area contributed by atoms with Gasteiger partial charge >= 0.3 is 0 Å². The summed E-state index contributed by atoms with van der Waals surface area (Å²) in [7, 11) is 0. The van der Waals surface area contributed by atoms with Crippen molar-refractivity contribution in [2.45, 2.75) is 5.50 Å². The molecule has 0 bridgehead atoms. The highest BCUT2D eigenvalue weighted by Crippen LogP contribution is 2.06. The van der Waals surface area contributed by atoms with Gasteiger partial charge in [-0.15, -0.1) is 11.6 Å². The largest absolute Gasteiger partial charge is 0.332 e. The summed E-state index contributed by atoms with van der Waals surface area (Å²) in [5, 5.41) is 2.27. The summed E-state index contributed by atoms with van der Waals surface area (Å²) in [6, 6.07) is 8.49. The van der Waals surface area contributed by atoms with Crippen molar-refractivity contribution < 1.29 is 9.59 Å². The molecule has 1 aromatic carbocycles. The third-order valence-corrected chi connectivity index (χ3v) is 2.25. The molecule has 1 atom stereocenters. The number of halogens is 2. The topological polar surface area (TPSA) is 46.2 Å². The minimum Gasteiger partial charge on any atom is -0.332 e. The van der Waals surface area contributed by atoms with Gasteiger partial charge < -0.3 is 5.32 Å². The molecule has 0 saturated carbocycles. The van der Waals surface area contributed by atoms with Gasteiger partial charge in [-0.25, -0.2) is 0 Å². The maximum atomic E-state index is 11.6. The summed E-state index contributed by atoms with van der Waals surface area (Å²) in [5.74, 6) is -1.04. The lowest BCUT2D eigenvalue weighted by atomic mass is 10.1. The molecule has 0 spiro atoms. The van der Waals surface area contributed by atoms with Crippen LogP contribution in [0.1, 0.15) is 10.4 Å². The number of carbonyl (C=O) groups excluding carboxylic acids is 2. The van der Waals surface area contributed by atoms with Crippen LogP contribution in [0.4, 0.5) is 0 Å². The third kappa shape index (κ3) is 3.53. The van der Waals surface area contributed by atoms with Crippen molar-refractivity contribution >= 4 is 34.9 Å². The van der Waals surface area contributed by atoms with E-state index in [2.05, 4.69) is 5.32 Å². The summed E-state index contributed by atoms with van der Waals surface area (Å²) in [6.07, 6.45) is 0. The Morgan fingerprint density at radius 3 is 2.40 bits per heavy atom. The number of Topliss-reactive ketones (excluding diaryl/α,β-unsaturated/α-hetero) is 1. The highest BCUT2D eigenvalue weighted by atomic mass is 35.5.